The number of rotatable bonds is 7. The number of methoxy groups -OCH3 is 1. The maximum absolute atomic E-state index is 12.3. The molecule has 3 atom stereocenters. The number of aryl methyl sites for hydroxylation is 1. The molecular weight excluding hydrogens is 372 g/mol. The molecule has 1 aliphatic rings. The van der Waals surface area contributed by atoms with Crippen molar-refractivity contribution in [3.8, 4) is 17.2 Å². The molecule has 1 N–H and O–H groups in total. The van der Waals surface area contributed by atoms with Gasteiger partial charge in [-0.2, -0.15) is 0 Å². The fourth-order valence-electron chi connectivity index (χ4n) is 3.72. The van der Waals surface area contributed by atoms with Crippen molar-refractivity contribution >= 4 is 17.7 Å². The SMILES string of the molecule is COc1cccc(-c2nc(CSCC(=O)N[C@@H]3CCC[C@H](C)[C@H]3C)c(C)o2)c1. The van der Waals surface area contributed by atoms with Gasteiger partial charge in [-0.1, -0.05) is 32.8 Å². The number of hydrogen-bond donors (Lipinski definition) is 1. The third-order valence-electron chi connectivity index (χ3n) is 5.73. The van der Waals surface area contributed by atoms with Crippen LogP contribution in [0.4, 0.5) is 0 Å². The smallest absolute Gasteiger partial charge is 0.230 e. The van der Waals surface area contributed by atoms with E-state index in [2.05, 4.69) is 24.1 Å². The Morgan fingerprint density at radius 1 is 1.36 bits per heavy atom. The Morgan fingerprint density at radius 3 is 2.96 bits per heavy atom. The van der Waals surface area contributed by atoms with Gasteiger partial charge < -0.3 is 14.5 Å². The average molecular weight is 403 g/mol. The molecule has 1 aromatic heterocycles. The van der Waals surface area contributed by atoms with Gasteiger partial charge in [-0.3, -0.25) is 4.79 Å². The standard InChI is InChI=1S/C22H30N2O3S/c1-14-7-5-10-19(15(14)2)23-21(25)13-28-12-20-16(3)27-22(24-20)17-8-6-9-18(11-17)26-4/h6,8-9,11,14-15,19H,5,7,10,12-13H2,1-4H3,(H,23,25)/t14-,15+,19+/m0/s1. The average Bonchev–Trinajstić information content (AvgIpc) is 3.06. The lowest BCUT2D eigenvalue weighted by Crippen LogP contribution is -2.44. The number of nitrogens with zero attached hydrogens (tertiary/aromatic N) is 1. The van der Waals surface area contributed by atoms with Crippen LogP contribution in [0.3, 0.4) is 0 Å². The second-order valence-corrected chi connectivity index (χ2v) is 8.67. The molecule has 0 bridgehead atoms. The first-order valence-electron chi connectivity index (χ1n) is 9.95. The highest BCUT2D eigenvalue weighted by Crippen LogP contribution is 2.30. The summed E-state index contributed by atoms with van der Waals surface area (Å²) in [7, 11) is 1.64. The van der Waals surface area contributed by atoms with Gasteiger partial charge in [0, 0.05) is 17.4 Å². The van der Waals surface area contributed by atoms with E-state index in [1.54, 1.807) is 18.9 Å². The number of nitrogens with one attached hydrogen (secondary N) is 1. The number of carbonyl (C=O) groups excluding carboxylic acids is 1. The van der Waals surface area contributed by atoms with Crippen LogP contribution in [0.25, 0.3) is 11.5 Å². The van der Waals surface area contributed by atoms with Crippen molar-refractivity contribution in [1.29, 1.82) is 0 Å². The zero-order valence-corrected chi connectivity index (χ0v) is 18.0. The highest BCUT2D eigenvalue weighted by molar-refractivity contribution is 7.99. The predicted molar refractivity (Wildman–Crippen MR) is 113 cm³/mol. The van der Waals surface area contributed by atoms with Gasteiger partial charge in [0.2, 0.25) is 11.8 Å². The summed E-state index contributed by atoms with van der Waals surface area (Å²) in [4.78, 5) is 17.0. The van der Waals surface area contributed by atoms with Crippen LogP contribution in [0, 0.1) is 18.8 Å². The summed E-state index contributed by atoms with van der Waals surface area (Å²) in [6.45, 7) is 6.45. The molecule has 0 aliphatic heterocycles. The van der Waals surface area contributed by atoms with Crippen LogP contribution in [0.15, 0.2) is 28.7 Å². The van der Waals surface area contributed by atoms with Gasteiger partial charge in [-0.25, -0.2) is 4.98 Å². The summed E-state index contributed by atoms with van der Waals surface area (Å²) in [5, 5.41) is 3.23. The van der Waals surface area contributed by atoms with Crippen LogP contribution >= 0.6 is 11.8 Å². The molecule has 5 nitrogen and oxygen atoms in total. The van der Waals surface area contributed by atoms with Crippen LogP contribution in [0.1, 0.15) is 44.6 Å². The van der Waals surface area contributed by atoms with Gasteiger partial charge in [0.25, 0.3) is 0 Å². The summed E-state index contributed by atoms with van der Waals surface area (Å²) in [6, 6.07) is 7.97. The highest BCUT2D eigenvalue weighted by atomic mass is 32.2. The first-order valence-corrected chi connectivity index (χ1v) is 11.1. The Bertz CT molecular complexity index is 805. The number of amides is 1. The predicted octanol–water partition coefficient (Wildman–Crippen LogP) is 4.83. The lowest BCUT2D eigenvalue weighted by molar-refractivity contribution is -0.119. The van der Waals surface area contributed by atoms with Gasteiger partial charge in [0.1, 0.15) is 11.5 Å². The Morgan fingerprint density at radius 2 is 2.18 bits per heavy atom. The molecule has 0 unspecified atom stereocenters. The number of thioether (sulfide) groups is 1. The Labute approximate surface area is 171 Å². The van der Waals surface area contributed by atoms with Crippen LogP contribution in [0.5, 0.6) is 5.75 Å². The summed E-state index contributed by atoms with van der Waals surface area (Å²) in [5.74, 6) is 4.59. The summed E-state index contributed by atoms with van der Waals surface area (Å²) in [6.07, 6.45) is 3.56. The Balaban J connectivity index is 1.52. The number of ether oxygens (including phenoxy) is 1. The van der Waals surface area contributed by atoms with Crippen molar-refractivity contribution in [2.24, 2.45) is 11.8 Å². The van der Waals surface area contributed by atoms with Crippen molar-refractivity contribution in [1.82, 2.24) is 10.3 Å². The molecule has 0 radical (unpaired) electrons. The van der Waals surface area contributed by atoms with Crippen LogP contribution < -0.4 is 10.1 Å². The van der Waals surface area contributed by atoms with E-state index in [0.29, 0.717) is 35.3 Å². The quantitative estimate of drug-likeness (QED) is 0.718. The lowest BCUT2D eigenvalue weighted by Gasteiger charge is -2.34. The molecule has 1 fully saturated rings. The van der Waals surface area contributed by atoms with Crippen molar-refractivity contribution in [2.75, 3.05) is 12.9 Å². The Kier molecular flexibility index (Phi) is 7.05. The van der Waals surface area contributed by atoms with E-state index in [1.807, 2.05) is 31.2 Å². The second-order valence-electron chi connectivity index (χ2n) is 7.69. The number of carbonyl (C=O) groups is 1. The minimum absolute atomic E-state index is 0.116. The van der Waals surface area contributed by atoms with E-state index in [1.165, 1.54) is 12.8 Å². The first-order chi connectivity index (χ1) is 13.5. The molecule has 1 aliphatic carbocycles. The van der Waals surface area contributed by atoms with Gasteiger partial charge in [-0.05, 0) is 43.4 Å². The van der Waals surface area contributed by atoms with Crippen molar-refractivity contribution < 1.29 is 13.9 Å². The molecule has 28 heavy (non-hydrogen) atoms. The third kappa shape index (κ3) is 5.10. The van der Waals surface area contributed by atoms with Gasteiger partial charge in [0.15, 0.2) is 0 Å². The van der Waals surface area contributed by atoms with Crippen molar-refractivity contribution in [3.05, 3.63) is 35.7 Å². The molecule has 0 saturated heterocycles. The molecule has 1 heterocycles. The first kappa shape index (κ1) is 20.8. The minimum atomic E-state index is 0.116. The fraction of sp³-hybridized carbons (Fsp3) is 0.545. The molecule has 1 saturated carbocycles. The fourth-order valence-corrected chi connectivity index (χ4v) is 4.55. The zero-order chi connectivity index (χ0) is 20.1. The molecule has 1 aromatic carbocycles. The van der Waals surface area contributed by atoms with Crippen LogP contribution in [-0.4, -0.2) is 29.8 Å². The van der Waals surface area contributed by atoms with Gasteiger partial charge >= 0.3 is 0 Å². The van der Waals surface area contributed by atoms with E-state index in [9.17, 15) is 4.79 Å². The molecule has 6 heteroatoms. The molecular formula is C22H30N2O3S. The number of hydrogen-bond acceptors (Lipinski definition) is 5. The molecule has 2 aromatic rings. The minimum Gasteiger partial charge on any atom is -0.497 e. The molecule has 0 spiro atoms. The summed E-state index contributed by atoms with van der Waals surface area (Å²) in [5.41, 5.74) is 1.77. The van der Waals surface area contributed by atoms with Crippen molar-refractivity contribution in [3.63, 3.8) is 0 Å². The maximum atomic E-state index is 12.3. The van der Waals surface area contributed by atoms with E-state index in [-0.39, 0.29) is 5.91 Å². The zero-order valence-electron chi connectivity index (χ0n) is 17.2. The summed E-state index contributed by atoms with van der Waals surface area (Å²) >= 11 is 1.58. The van der Waals surface area contributed by atoms with E-state index in [0.717, 1.165) is 29.2 Å². The van der Waals surface area contributed by atoms with Gasteiger partial charge in [0.05, 0.1) is 18.6 Å². The third-order valence-corrected chi connectivity index (χ3v) is 6.68. The topological polar surface area (TPSA) is 64.4 Å². The monoisotopic (exact) mass is 402 g/mol. The largest absolute Gasteiger partial charge is 0.497 e. The van der Waals surface area contributed by atoms with Crippen LogP contribution in [0.2, 0.25) is 0 Å². The maximum Gasteiger partial charge on any atom is 0.230 e. The normalized spacial score (nSPS) is 22.1. The lowest BCUT2D eigenvalue weighted by atomic mass is 9.78. The van der Waals surface area contributed by atoms with E-state index < -0.39 is 0 Å². The Hall–Kier alpha value is -1.95. The molecule has 3 rings (SSSR count). The number of benzene rings is 1. The second kappa shape index (κ2) is 9.50. The molecule has 1 amide bonds. The van der Waals surface area contributed by atoms with Crippen LogP contribution in [-0.2, 0) is 10.5 Å². The molecule has 152 valence electrons. The number of oxazole rings is 1. The summed E-state index contributed by atoms with van der Waals surface area (Å²) < 4.78 is 11.1. The van der Waals surface area contributed by atoms with Crippen molar-refractivity contribution in [2.45, 2.75) is 51.8 Å². The number of aromatic nitrogens is 1. The van der Waals surface area contributed by atoms with Gasteiger partial charge in [-0.15, -0.1) is 11.8 Å². The van der Waals surface area contributed by atoms with E-state index in [4.69, 9.17) is 9.15 Å². The highest BCUT2D eigenvalue weighted by Gasteiger charge is 2.28. The van der Waals surface area contributed by atoms with E-state index >= 15 is 0 Å².